The summed E-state index contributed by atoms with van der Waals surface area (Å²) in [6.07, 6.45) is -3.42. The molecule has 1 radical (unpaired) electrons. The van der Waals surface area contributed by atoms with E-state index in [1.807, 2.05) is 0 Å². The molecule has 1 aliphatic heterocycles. The Bertz CT molecular complexity index is 128. The zero-order valence-electron chi connectivity index (χ0n) is 4.39. The van der Waals surface area contributed by atoms with Crippen LogP contribution in [0, 0.1) is 0 Å². The minimum atomic E-state index is -4.24. The molecule has 0 N–H and O–H groups in total. The molecule has 0 fully saturated rings. The van der Waals surface area contributed by atoms with Crippen molar-refractivity contribution in [2.75, 3.05) is 6.67 Å². The zero-order valence-corrected chi connectivity index (χ0v) is 4.39. The maximum absolute atomic E-state index is 11.6. The lowest BCUT2D eigenvalue weighted by molar-refractivity contribution is -0.137. The summed E-state index contributed by atoms with van der Waals surface area (Å²) >= 11 is 0. The molecular weight excluding hydrogens is 133 g/mol. The van der Waals surface area contributed by atoms with Gasteiger partial charge in [-0.2, -0.15) is 13.2 Å². The van der Waals surface area contributed by atoms with E-state index in [0.29, 0.717) is 0 Å². The highest BCUT2D eigenvalue weighted by atomic mass is 19.4. The van der Waals surface area contributed by atoms with Gasteiger partial charge < -0.3 is 0 Å². The van der Waals surface area contributed by atoms with E-state index in [0.717, 1.165) is 6.21 Å². The second-order valence-corrected chi connectivity index (χ2v) is 1.64. The van der Waals surface area contributed by atoms with Crippen LogP contribution in [0.3, 0.4) is 0 Å². The third-order valence-electron chi connectivity index (χ3n) is 0.942. The lowest BCUT2D eigenvalue weighted by Gasteiger charge is -2.09. The highest BCUT2D eigenvalue weighted by Crippen LogP contribution is 2.20. The van der Waals surface area contributed by atoms with Crippen LogP contribution in [-0.2, 0) is 0 Å². The second-order valence-electron chi connectivity index (χ2n) is 1.64. The molecule has 0 amide bonds. The average Bonchev–Trinajstić information content (AvgIpc) is 2.08. The van der Waals surface area contributed by atoms with Crippen molar-refractivity contribution in [3.05, 3.63) is 0 Å². The molecule has 9 heavy (non-hydrogen) atoms. The van der Waals surface area contributed by atoms with Gasteiger partial charge in [0, 0.05) is 6.21 Å². The van der Waals surface area contributed by atoms with E-state index in [1.165, 1.54) is 0 Å². The number of alkyl halides is 3. The molecule has 1 heterocycles. The van der Waals surface area contributed by atoms with Crippen LogP contribution in [0.2, 0.25) is 0 Å². The summed E-state index contributed by atoms with van der Waals surface area (Å²) in [6, 6.07) is -1.66. The van der Waals surface area contributed by atoms with Gasteiger partial charge in [-0.1, -0.05) is 0 Å². The van der Waals surface area contributed by atoms with Crippen LogP contribution in [0.1, 0.15) is 0 Å². The largest absolute Gasteiger partial charge is 0.410 e. The van der Waals surface area contributed by atoms with Gasteiger partial charge >= 0.3 is 6.18 Å². The van der Waals surface area contributed by atoms with Crippen LogP contribution in [0.25, 0.3) is 0 Å². The van der Waals surface area contributed by atoms with Crippen LogP contribution in [0.4, 0.5) is 13.2 Å². The van der Waals surface area contributed by atoms with Crippen LogP contribution < -0.4 is 5.32 Å². The summed E-state index contributed by atoms with van der Waals surface area (Å²) in [4.78, 5) is 3.32. The molecule has 0 saturated carbocycles. The first-order valence-corrected chi connectivity index (χ1v) is 2.34. The minimum Gasteiger partial charge on any atom is -0.279 e. The Hall–Kier alpha value is -0.580. The van der Waals surface area contributed by atoms with E-state index >= 15 is 0 Å². The molecule has 0 spiro atoms. The zero-order chi connectivity index (χ0) is 6.91. The summed E-state index contributed by atoms with van der Waals surface area (Å²) in [5, 5.41) is 3.16. The molecule has 0 saturated heterocycles. The molecular formula is C4H4F3N2. The second kappa shape index (κ2) is 1.98. The molecule has 5 heteroatoms. The normalized spacial score (nSPS) is 27.2. The lowest BCUT2D eigenvalue weighted by Crippen LogP contribution is -2.35. The number of rotatable bonds is 0. The Morgan fingerprint density at radius 1 is 1.44 bits per heavy atom. The molecule has 0 aliphatic carbocycles. The summed E-state index contributed by atoms with van der Waals surface area (Å²) in [5.41, 5.74) is 0. The average molecular weight is 137 g/mol. The maximum Gasteiger partial charge on any atom is 0.410 e. The Labute approximate surface area is 49.8 Å². The topological polar surface area (TPSA) is 26.5 Å². The standard InChI is InChI=1S/C4H4F3N2/c5-4(6,7)3-1-8-2-9-3/h1,3H,2H2. The lowest BCUT2D eigenvalue weighted by atomic mass is 10.3. The Balaban J connectivity index is 2.53. The third kappa shape index (κ3) is 1.41. The van der Waals surface area contributed by atoms with Crippen molar-refractivity contribution in [1.29, 1.82) is 0 Å². The molecule has 2 nitrogen and oxygen atoms in total. The van der Waals surface area contributed by atoms with Gasteiger partial charge in [-0.05, 0) is 0 Å². The predicted molar refractivity (Wildman–Crippen MR) is 25.3 cm³/mol. The van der Waals surface area contributed by atoms with Crippen molar-refractivity contribution in [3.8, 4) is 0 Å². The summed E-state index contributed by atoms with van der Waals surface area (Å²) in [5.74, 6) is 0. The fourth-order valence-corrected chi connectivity index (χ4v) is 0.517. The van der Waals surface area contributed by atoms with Gasteiger partial charge in [-0.15, -0.1) is 0 Å². The molecule has 1 unspecified atom stereocenters. The van der Waals surface area contributed by atoms with E-state index in [9.17, 15) is 13.2 Å². The molecule has 1 atom stereocenters. The van der Waals surface area contributed by atoms with E-state index in [4.69, 9.17) is 0 Å². The molecule has 0 bridgehead atoms. The first-order valence-electron chi connectivity index (χ1n) is 2.34. The van der Waals surface area contributed by atoms with E-state index < -0.39 is 12.2 Å². The van der Waals surface area contributed by atoms with Gasteiger partial charge in [0.25, 0.3) is 0 Å². The number of hydrogen-bond acceptors (Lipinski definition) is 1. The van der Waals surface area contributed by atoms with Gasteiger partial charge in [0.2, 0.25) is 0 Å². The van der Waals surface area contributed by atoms with Crippen molar-refractivity contribution in [2.24, 2.45) is 4.99 Å². The fraction of sp³-hybridized carbons (Fsp3) is 0.750. The maximum atomic E-state index is 11.6. The van der Waals surface area contributed by atoms with E-state index in [1.54, 1.807) is 0 Å². The van der Waals surface area contributed by atoms with Crippen LogP contribution in [0.15, 0.2) is 4.99 Å². The van der Waals surface area contributed by atoms with Gasteiger partial charge in [0.15, 0.2) is 6.04 Å². The number of halogens is 3. The summed E-state index contributed by atoms with van der Waals surface area (Å²) in [6.45, 7) is -0.0514. The van der Waals surface area contributed by atoms with E-state index in [2.05, 4.69) is 10.3 Å². The van der Waals surface area contributed by atoms with Crippen LogP contribution in [0.5, 0.6) is 0 Å². The molecule has 51 valence electrons. The van der Waals surface area contributed by atoms with Crippen molar-refractivity contribution >= 4 is 6.21 Å². The van der Waals surface area contributed by atoms with Crippen LogP contribution >= 0.6 is 0 Å². The van der Waals surface area contributed by atoms with Gasteiger partial charge in [-0.25, -0.2) is 5.32 Å². The first-order chi connectivity index (χ1) is 4.11. The summed E-state index contributed by atoms with van der Waals surface area (Å²) in [7, 11) is 0. The molecule has 1 aliphatic rings. The van der Waals surface area contributed by atoms with Gasteiger partial charge in [0.05, 0.1) is 0 Å². The molecule has 0 aromatic rings. The van der Waals surface area contributed by atoms with E-state index in [-0.39, 0.29) is 6.67 Å². The highest BCUT2D eigenvalue weighted by molar-refractivity contribution is 5.67. The van der Waals surface area contributed by atoms with Gasteiger partial charge in [0.1, 0.15) is 6.67 Å². The van der Waals surface area contributed by atoms with Crippen molar-refractivity contribution in [3.63, 3.8) is 0 Å². The van der Waals surface area contributed by atoms with Crippen molar-refractivity contribution in [2.45, 2.75) is 12.2 Å². The third-order valence-corrected chi connectivity index (χ3v) is 0.942. The SMILES string of the molecule is FC(F)(F)C1C=NC[N]1. The number of nitrogens with zero attached hydrogens (tertiary/aromatic N) is 2. The van der Waals surface area contributed by atoms with Crippen molar-refractivity contribution in [1.82, 2.24) is 5.32 Å². The Morgan fingerprint density at radius 2 is 2.11 bits per heavy atom. The molecule has 1 rings (SSSR count). The predicted octanol–water partition coefficient (Wildman–Crippen LogP) is 0.564. The number of hydrogen-bond donors (Lipinski definition) is 0. The Kier molecular flexibility index (Phi) is 1.44. The smallest absolute Gasteiger partial charge is 0.279 e. The monoisotopic (exact) mass is 137 g/mol. The first kappa shape index (κ1) is 6.54. The minimum absolute atomic E-state index is 0.0514. The quantitative estimate of drug-likeness (QED) is 0.466. The van der Waals surface area contributed by atoms with Crippen molar-refractivity contribution < 1.29 is 13.2 Å². The molecule has 0 aromatic heterocycles. The fourth-order valence-electron chi connectivity index (χ4n) is 0.517. The van der Waals surface area contributed by atoms with Crippen LogP contribution in [-0.4, -0.2) is 25.1 Å². The molecule has 0 aromatic carbocycles. The highest BCUT2D eigenvalue weighted by Gasteiger charge is 2.40. The van der Waals surface area contributed by atoms with Gasteiger partial charge in [-0.3, -0.25) is 4.99 Å². The summed E-state index contributed by atoms with van der Waals surface area (Å²) < 4.78 is 34.7. The Morgan fingerprint density at radius 3 is 2.33 bits per heavy atom. The number of aliphatic imine (C=N–C) groups is 1.